The van der Waals surface area contributed by atoms with Crippen LogP contribution in [0.2, 0.25) is 0 Å². The molecule has 9 nitrogen and oxygen atoms in total. The highest BCUT2D eigenvalue weighted by atomic mass is 32.2. The molecule has 0 aliphatic carbocycles. The average molecular weight is 620 g/mol. The van der Waals surface area contributed by atoms with Crippen LogP contribution < -0.4 is 24.4 Å². The summed E-state index contributed by atoms with van der Waals surface area (Å²) >= 11 is 1.06. The van der Waals surface area contributed by atoms with Crippen molar-refractivity contribution < 1.29 is 31.9 Å². The van der Waals surface area contributed by atoms with Gasteiger partial charge in [-0.25, -0.2) is 17.7 Å². The standard InChI is InChI=1S/C31H26FN3O6S2/c1-19-4-8-21(9-5-19)33-28-29(31(37)35(30(28)36)26-17-12-23(40-2)18-27(26)41-3)42-24-13-10-22(11-14-24)34-43(38,39)25-15-6-20(32)7-16-25/h4-18,33-34H,1-3H3. The second-order valence-electron chi connectivity index (χ2n) is 9.36. The minimum Gasteiger partial charge on any atom is -0.497 e. The van der Waals surface area contributed by atoms with E-state index in [9.17, 15) is 22.4 Å². The van der Waals surface area contributed by atoms with Crippen LogP contribution >= 0.6 is 11.8 Å². The molecule has 0 fully saturated rings. The van der Waals surface area contributed by atoms with Gasteiger partial charge in [-0.1, -0.05) is 29.5 Å². The number of ether oxygens (including phenoxy) is 2. The van der Waals surface area contributed by atoms with Gasteiger partial charge in [0.1, 0.15) is 27.9 Å². The molecule has 0 bridgehead atoms. The SMILES string of the molecule is COc1ccc(N2C(=O)C(Nc3ccc(C)cc3)=C(Sc3ccc(NS(=O)(=O)c4ccc(F)cc4)cc3)C2=O)c(OC)c1. The molecule has 0 saturated carbocycles. The number of imide groups is 1. The number of nitrogens with zero attached hydrogens (tertiary/aromatic N) is 1. The first-order chi connectivity index (χ1) is 20.6. The molecule has 12 heteroatoms. The molecule has 1 aliphatic rings. The highest BCUT2D eigenvalue weighted by Crippen LogP contribution is 2.41. The van der Waals surface area contributed by atoms with Gasteiger partial charge in [0.05, 0.1) is 24.8 Å². The van der Waals surface area contributed by atoms with Gasteiger partial charge in [-0.05, 0) is 79.7 Å². The largest absolute Gasteiger partial charge is 0.497 e. The Hall–Kier alpha value is -4.81. The number of aryl methyl sites for hydroxylation is 1. The highest BCUT2D eigenvalue weighted by molar-refractivity contribution is 8.04. The zero-order chi connectivity index (χ0) is 30.7. The van der Waals surface area contributed by atoms with E-state index in [-0.39, 0.29) is 32.6 Å². The quantitative estimate of drug-likeness (QED) is 0.210. The number of thioether (sulfide) groups is 1. The lowest BCUT2D eigenvalue weighted by Crippen LogP contribution is -2.32. The van der Waals surface area contributed by atoms with Gasteiger partial charge in [0, 0.05) is 22.3 Å². The molecule has 1 heterocycles. The molecule has 0 radical (unpaired) electrons. The molecule has 220 valence electrons. The van der Waals surface area contributed by atoms with Crippen LogP contribution in [0.1, 0.15) is 5.56 Å². The predicted molar refractivity (Wildman–Crippen MR) is 163 cm³/mol. The van der Waals surface area contributed by atoms with Crippen molar-refractivity contribution in [2.75, 3.05) is 29.2 Å². The van der Waals surface area contributed by atoms with Crippen molar-refractivity contribution in [1.82, 2.24) is 0 Å². The molecule has 43 heavy (non-hydrogen) atoms. The molecular weight excluding hydrogens is 593 g/mol. The zero-order valence-electron chi connectivity index (χ0n) is 23.3. The Morgan fingerprint density at radius 2 is 1.44 bits per heavy atom. The van der Waals surface area contributed by atoms with Crippen LogP contribution in [-0.4, -0.2) is 34.5 Å². The van der Waals surface area contributed by atoms with E-state index in [0.29, 0.717) is 16.3 Å². The number of carbonyl (C=O) groups is 2. The van der Waals surface area contributed by atoms with E-state index >= 15 is 0 Å². The van der Waals surface area contributed by atoms with Crippen LogP contribution in [0, 0.1) is 12.7 Å². The van der Waals surface area contributed by atoms with E-state index in [0.717, 1.165) is 34.4 Å². The van der Waals surface area contributed by atoms with Gasteiger partial charge < -0.3 is 14.8 Å². The first-order valence-corrected chi connectivity index (χ1v) is 15.1. The Bertz CT molecular complexity index is 1830. The number of nitrogens with one attached hydrogen (secondary N) is 2. The van der Waals surface area contributed by atoms with Gasteiger partial charge in [0.15, 0.2) is 0 Å². The second kappa shape index (κ2) is 12.2. The summed E-state index contributed by atoms with van der Waals surface area (Å²) in [5, 5.41) is 3.11. The minimum absolute atomic E-state index is 0.0813. The smallest absolute Gasteiger partial charge is 0.283 e. The van der Waals surface area contributed by atoms with Crippen molar-refractivity contribution in [3.63, 3.8) is 0 Å². The molecule has 0 saturated heterocycles. The topological polar surface area (TPSA) is 114 Å². The van der Waals surface area contributed by atoms with Crippen molar-refractivity contribution in [2.45, 2.75) is 16.7 Å². The number of rotatable bonds is 10. The van der Waals surface area contributed by atoms with Gasteiger partial charge in [-0.3, -0.25) is 14.3 Å². The minimum atomic E-state index is -3.95. The Morgan fingerprint density at radius 1 is 0.791 bits per heavy atom. The van der Waals surface area contributed by atoms with Gasteiger partial charge in [0.2, 0.25) is 0 Å². The normalized spacial score (nSPS) is 13.3. The van der Waals surface area contributed by atoms with Crippen LogP contribution in [0.4, 0.5) is 21.5 Å². The van der Waals surface area contributed by atoms with Crippen molar-refractivity contribution in [1.29, 1.82) is 0 Å². The zero-order valence-corrected chi connectivity index (χ0v) is 24.9. The van der Waals surface area contributed by atoms with Gasteiger partial charge >= 0.3 is 0 Å². The number of hydrogen-bond acceptors (Lipinski definition) is 8. The molecule has 1 aliphatic heterocycles. The third kappa shape index (κ3) is 6.35. The number of benzene rings is 4. The third-order valence-electron chi connectivity index (χ3n) is 6.44. The lowest BCUT2D eigenvalue weighted by atomic mass is 10.2. The van der Waals surface area contributed by atoms with Crippen molar-refractivity contribution in [2.24, 2.45) is 0 Å². The first kappa shape index (κ1) is 29.7. The Labute approximate surface area is 252 Å². The van der Waals surface area contributed by atoms with Crippen LogP contribution in [0.15, 0.2) is 111 Å². The number of sulfonamides is 1. The summed E-state index contributed by atoms with van der Waals surface area (Å²) < 4.78 is 51.8. The summed E-state index contributed by atoms with van der Waals surface area (Å²) in [6, 6.07) is 22.9. The molecule has 4 aromatic carbocycles. The van der Waals surface area contributed by atoms with E-state index in [2.05, 4.69) is 10.0 Å². The molecular formula is C31H26FN3O6S2. The molecule has 0 spiro atoms. The Kier molecular flexibility index (Phi) is 8.42. The summed E-state index contributed by atoms with van der Waals surface area (Å²) in [5.74, 6) is -0.903. The molecule has 2 amide bonds. The van der Waals surface area contributed by atoms with E-state index in [4.69, 9.17) is 9.47 Å². The monoisotopic (exact) mass is 619 g/mol. The van der Waals surface area contributed by atoms with Gasteiger partial charge in [0.25, 0.3) is 21.8 Å². The number of amides is 2. The van der Waals surface area contributed by atoms with E-state index in [1.807, 2.05) is 19.1 Å². The van der Waals surface area contributed by atoms with Crippen LogP contribution in [0.25, 0.3) is 0 Å². The molecule has 0 atom stereocenters. The number of anilines is 3. The number of hydrogen-bond donors (Lipinski definition) is 2. The number of carbonyl (C=O) groups excluding carboxylic acids is 2. The van der Waals surface area contributed by atoms with E-state index in [1.165, 1.54) is 38.5 Å². The van der Waals surface area contributed by atoms with Crippen LogP contribution in [0.3, 0.4) is 0 Å². The number of methoxy groups -OCH3 is 2. The van der Waals surface area contributed by atoms with Crippen LogP contribution in [0.5, 0.6) is 11.5 Å². The molecule has 2 N–H and O–H groups in total. The summed E-state index contributed by atoms with van der Waals surface area (Å²) in [5.41, 5.74) is 2.25. The van der Waals surface area contributed by atoms with Crippen molar-refractivity contribution >= 4 is 50.7 Å². The molecule has 0 unspecified atom stereocenters. The highest BCUT2D eigenvalue weighted by Gasteiger charge is 2.41. The van der Waals surface area contributed by atoms with E-state index < -0.39 is 27.7 Å². The summed E-state index contributed by atoms with van der Waals surface area (Å²) in [6.45, 7) is 1.94. The third-order valence-corrected chi connectivity index (χ3v) is 8.93. The fraction of sp³-hybridized carbons (Fsp3) is 0.0968. The fourth-order valence-corrected chi connectivity index (χ4v) is 6.21. The first-order valence-electron chi connectivity index (χ1n) is 12.8. The van der Waals surface area contributed by atoms with Crippen LogP contribution in [-0.2, 0) is 19.6 Å². The molecule has 0 aromatic heterocycles. The molecule has 5 rings (SSSR count). The van der Waals surface area contributed by atoms with Crippen molar-refractivity contribution in [3.8, 4) is 11.5 Å². The Balaban J connectivity index is 1.45. The predicted octanol–water partition coefficient (Wildman–Crippen LogP) is 5.94. The fourth-order valence-electron chi connectivity index (χ4n) is 4.22. The maximum Gasteiger partial charge on any atom is 0.283 e. The summed E-state index contributed by atoms with van der Waals surface area (Å²) in [7, 11) is -1.01. The van der Waals surface area contributed by atoms with Gasteiger partial charge in [-0.15, -0.1) is 0 Å². The lowest BCUT2D eigenvalue weighted by molar-refractivity contribution is -0.120. The molecule has 4 aromatic rings. The lowest BCUT2D eigenvalue weighted by Gasteiger charge is -2.19. The average Bonchev–Trinajstić information content (AvgIpc) is 3.22. The van der Waals surface area contributed by atoms with Gasteiger partial charge in [-0.2, -0.15) is 0 Å². The Morgan fingerprint density at radius 3 is 2.07 bits per heavy atom. The van der Waals surface area contributed by atoms with Crippen molar-refractivity contribution in [3.05, 3.63) is 113 Å². The number of halogens is 1. The maximum atomic E-state index is 13.8. The van der Waals surface area contributed by atoms with E-state index in [1.54, 1.807) is 42.5 Å². The maximum absolute atomic E-state index is 13.8. The summed E-state index contributed by atoms with van der Waals surface area (Å²) in [4.78, 5) is 29.2. The second-order valence-corrected chi connectivity index (χ2v) is 12.1. The summed E-state index contributed by atoms with van der Waals surface area (Å²) in [6.07, 6.45) is 0.